The molecule has 0 amide bonds. The lowest BCUT2D eigenvalue weighted by molar-refractivity contribution is 0.341. The van der Waals surface area contributed by atoms with E-state index in [1.165, 1.54) is 56.9 Å². The van der Waals surface area contributed by atoms with Crippen LogP contribution in [0, 0.1) is 17.8 Å². The average Bonchev–Trinajstić information content (AvgIpc) is 2.38. The molecule has 1 N–H and O–H groups in total. The molecule has 0 fully saturated rings. The maximum Gasteiger partial charge on any atom is 0.0614 e. The van der Waals surface area contributed by atoms with Crippen LogP contribution in [0.4, 0.5) is 0 Å². The normalized spacial score (nSPS) is 15.5. The van der Waals surface area contributed by atoms with E-state index in [4.69, 9.17) is 5.11 Å². The van der Waals surface area contributed by atoms with Gasteiger partial charge in [-0.3, -0.25) is 0 Å². The third-order valence-corrected chi connectivity index (χ3v) is 4.58. The highest BCUT2D eigenvalue weighted by Crippen LogP contribution is 2.21. The molecule has 0 unspecified atom stereocenters. The van der Waals surface area contributed by atoms with Crippen molar-refractivity contribution >= 4 is 0 Å². The van der Waals surface area contributed by atoms with Crippen LogP contribution in [0.2, 0.25) is 0 Å². The number of hydrogen-bond donors (Lipinski definition) is 1. The molecule has 0 aromatic carbocycles. The first kappa shape index (κ1) is 20.7. The number of aliphatic hydroxyl groups excluding tert-OH is 1. The lowest BCUT2D eigenvalue weighted by atomic mass is 9.91. The fourth-order valence-corrected chi connectivity index (χ4v) is 2.97. The van der Waals surface area contributed by atoms with Crippen molar-refractivity contribution in [3.05, 3.63) is 11.6 Å². The second-order valence-electron chi connectivity index (χ2n) is 7.59. The molecule has 126 valence electrons. The number of rotatable bonds is 13. The molecular weight excluding hydrogens is 256 g/mol. The smallest absolute Gasteiger partial charge is 0.0614 e. The van der Waals surface area contributed by atoms with E-state index in [-0.39, 0.29) is 6.61 Å². The van der Waals surface area contributed by atoms with E-state index < -0.39 is 0 Å². The van der Waals surface area contributed by atoms with Crippen LogP contribution in [0.15, 0.2) is 11.6 Å². The molecule has 0 rings (SSSR count). The van der Waals surface area contributed by atoms with Gasteiger partial charge in [0.25, 0.3) is 0 Å². The zero-order chi connectivity index (χ0) is 16.1. The molecule has 0 aliphatic carbocycles. The van der Waals surface area contributed by atoms with Crippen LogP contribution in [-0.4, -0.2) is 11.7 Å². The summed E-state index contributed by atoms with van der Waals surface area (Å²) in [7, 11) is 0. The lowest BCUT2D eigenvalue weighted by Crippen LogP contribution is -2.00. The van der Waals surface area contributed by atoms with Gasteiger partial charge in [0.15, 0.2) is 0 Å². The number of allylic oxidation sites excluding steroid dienone is 1. The first-order chi connectivity index (χ1) is 9.95. The Morgan fingerprint density at radius 3 is 1.76 bits per heavy atom. The summed E-state index contributed by atoms with van der Waals surface area (Å²) < 4.78 is 0. The lowest BCUT2D eigenvalue weighted by Gasteiger charge is -2.15. The summed E-state index contributed by atoms with van der Waals surface area (Å²) in [6, 6.07) is 0. The third-order valence-electron chi connectivity index (χ3n) is 4.58. The van der Waals surface area contributed by atoms with E-state index in [2.05, 4.69) is 34.6 Å². The van der Waals surface area contributed by atoms with Crippen molar-refractivity contribution in [2.24, 2.45) is 17.8 Å². The Hall–Kier alpha value is -0.300. The van der Waals surface area contributed by atoms with Gasteiger partial charge < -0.3 is 5.11 Å². The van der Waals surface area contributed by atoms with Crippen molar-refractivity contribution in [3.8, 4) is 0 Å². The van der Waals surface area contributed by atoms with Gasteiger partial charge in [-0.05, 0) is 37.5 Å². The summed E-state index contributed by atoms with van der Waals surface area (Å²) in [5.41, 5.74) is 1.34. The van der Waals surface area contributed by atoms with Crippen molar-refractivity contribution in [3.63, 3.8) is 0 Å². The van der Waals surface area contributed by atoms with Gasteiger partial charge in [-0.1, -0.05) is 84.3 Å². The monoisotopic (exact) mass is 296 g/mol. The zero-order valence-electron chi connectivity index (χ0n) is 15.3. The maximum atomic E-state index is 8.83. The Balaban J connectivity index is 3.52. The molecule has 0 saturated heterocycles. The third kappa shape index (κ3) is 14.4. The zero-order valence-corrected chi connectivity index (χ0v) is 15.3. The molecular formula is C20H40O. The van der Waals surface area contributed by atoms with Crippen LogP contribution in [0.5, 0.6) is 0 Å². The molecule has 0 aromatic rings. The largest absolute Gasteiger partial charge is 0.392 e. The molecule has 0 aliphatic heterocycles. The Labute approximate surface area is 134 Å². The van der Waals surface area contributed by atoms with Gasteiger partial charge in [-0.15, -0.1) is 0 Å². The van der Waals surface area contributed by atoms with E-state index in [1.807, 2.05) is 6.08 Å². The SMILES string of the molecule is C/C(=C\CO)CCC[C@@H](C)CCC[C@@H](C)CCCC(C)C. The van der Waals surface area contributed by atoms with Crippen LogP contribution in [0.1, 0.15) is 92.4 Å². The average molecular weight is 297 g/mol. The predicted octanol–water partition coefficient (Wildman–Crippen LogP) is 6.36. The summed E-state index contributed by atoms with van der Waals surface area (Å²) in [4.78, 5) is 0. The van der Waals surface area contributed by atoms with Gasteiger partial charge in [0, 0.05) is 0 Å². The minimum Gasteiger partial charge on any atom is -0.392 e. The summed E-state index contributed by atoms with van der Waals surface area (Å²) in [6.07, 6.45) is 14.1. The summed E-state index contributed by atoms with van der Waals surface area (Å²) >= 11 is 0. The Bertz CT molecular complexity index is 255. The molecule has 0 saturated carbocycles. The number of aliphatic hydroxyl groups is 1. The van der Waals surface area contributed by atoms with E-state index in [1.54, 1.807) is 0 Å². The van der Waals surface area contributed by atoms with Crippen molar-refractivity contribution in [1.29, 1.82) is 0 Å². The molecule has 0 radical (unpaired) electrons. The van der Waals surface area contributed by atoms with Crippen LogP contribution in [0.3, 0.4) is 0 Å². The molecule has 0 aromatic heterocycles. The standard InChI is InChI=1S/C20H40O/c1-17(2)9-6-10-18(3)11-7-12-19(4)13-8-14-20(5)15-16-21/h15,17-19,21H,6-14,16H2,1-5H3/b20-15+/t18-,19-/m0/s1. The van der Waals surface area contributed by atoms with Gasteiger partial charge >= 0.3 is 0 Å². The minimum absolute atomic E-state index is 0.191. The fraction of sp³-hybridized carbons (Fsp3) is 0.900. The molecule has 1 heteroatoms. The van der Waals surface area contributed by atoms with Gasteiger partial charge in [-0.25, -0.2) is 0 Å². The first-order valence-electron chi connectivity index (χ1n) is 9.22. The van der Waals surface area contributed by atoms with E-state index in [9.17, 15) is 0 Å². The molecule has 0 bridgehead atoms. The van der Waals surface area contributed by atoms with E-state index in [0.717, 1.165) is 24.2 Å². The Kier molecular flexibility index (Phi) is 13.2. The van der Waals surface area contributed by atoms with Crippen LogP contribution >= 0.6 is 0 Å². The summed E-state index contributed by atoms with van der Waals surface area (Å²) in [5.74, 6) is 2.63. The predicted molar refractivity (Wildman–Crippen MR) is 95.6 cm³/mol. The van der Waals surface area contributed by atoms with Gasteiger partial charge in [0.05, 0.1) is 6.61 Å². The van der Waals surface area contributed by atoms with Crippen molar-refractivity contribution < 1.29 is 5.11 Å². The summed E-state index contributed by atoms with van der Waals surface area (Å²) in [5, 5.41) is 8.83. The molecule has 0 heterocycles. The van der Waals surface area contributed by atoms with E-state index in [0.29, 0.717) is 0 Å². The minimum atomic E-state index is 0.191. The highest BCUT2D eigenvalue weighted by atomic mass is 16.2. The first-order valence-corrected chi connectivity index (χ1v) is 9.22. The van der Waals surface area contributed by atoms with Gasteiger partial charge in [-0.2, -0.15) is 0 Å². The second kappa shape index (κ2) is 13.4. The van der Waals surface area contributed by atoms with Crippen molar-refractivity contribution in [2.75, 3.05) is 6.61 Å². The fourth-order valence-electron chi connectivity index (χ4n) is 2.97. The molecule has 0 spiro atoms. The van der Waals surface area contributed by atoms with E-state index >= 15 is 0 Å². The number of hydrogen-bond acceptors (Lipinski definition) is 1. The van der Waals surface area contributed by atoms with Crippen LogP contribution < -0.4 is 0 Å². The Morgan fingerprint density at radius 1 is 0.810 bits per heavy atom. The van der Waals surface area contributed by atoms with Crippen molar-refractivity contribution in [2.45, 2.75) is 92.4 Å². The Morgan fingerprint density at radius 2 is 1.29 bits per heavy atom. The maximum absolute atomic E-state index is 8.83. The van der Waals surface area contributed by atoms with Crippen molar-refractivity contribution in [1.82, 2.24) is 0 Å². The second-order valence-corrected chi connectivity index (χ2v) is 7.59. The highest BCUT2D eigenvalue weighted by Gasteiger charge is 2.06. The van der Waals surface area contributed by atoms with Gasteiger partial charge in [0.1, 0.15) is 0 Å². The molecule has 0 aliphatic rings. The van der Waals surface area contributed by atoms with Crippen LogP contribution in [-0.2, 0) is 0 Å². The molecule has 21 heavy (non-hydrogen) atoms. The topological polar surface area (TPSA) is 20.2 Å². The quantitative estimate of drug-likeness (QED) is 0.392. The van der Waals surface area contributed by atoms with Crippen LogP contribution in [0.25, 0.3) is 0 Å². The molecule has 2 atom stereocenters. The summed E-state index contributed by atoms with van der Waals surface area (Å²) in [6.45, 7) is 11.8. The molecule has 1 nitrogen and oxygen atoms in total. The highest BCUT2D eigenvalue weighted by molar-refractivity contribution is 4.97. The van der Waals surface area contributed by atoms with Gasteiger partial charge in [0.2, 0.25) is 0 Å².